The van der Waals surface area contributed by atoms with Crippen LogP contribution in [0.15, 0.2) is 42.7 Å². The normalized spacial score (nSPS) is 25.0. The molecule has 0 radical (unpaired) electrons. The minimum Gasteiger partial charge on any atom is -0.320 e. The molecule has 10 heteroatoms. The first-order chi connectivity index (χ1) is 19.1. The highest BCUT2D eigenvalue weighted by molar-refractivity contribution is 6.10. The monoisotopic (exact) mass is 548 g/mol. The molecule has 2 fully saturated rings. The SMILES string of the molecule is C[C@H]1CCCN(Cc2cc3c(c(C(F)(F)F)c2)CN(c2cccc(C4(c5nncn5C)CC(C#N)C4)c2)C3=O)C1. The van der Waals surface area contributed by atoms with E-state index in [1.165, 1.54) is 11.0 Å². The van der Waals surface area contributed by atoms with Gasteiger partial charge in [-0.25, -0.2) is 0 Å². The van der Waals surface area contributed by atoms with Crippen LogP contribution in [0, 0.1) is 23.2 Å². The van der Waals surface area contributed by atoms with E-state index in [1.54, 1.807) is 18.5 Å². The predicted octanol–water partition coefficient (Wildman–Crippen LogP) is 5.45. The van der Waals surface area contributed by atoms with Gasteiger partial charge >= 0.3 is 6.18 Å². The second-order valence-corrected chi connectivity index (χ2v) is 11.7. The zero-order chi connectivity index (χ0) is 28.2. The van der Waals surface area contributed by atoms with Crippen molar-refractivity contribution in [2.75, 3.05) is 18.0 Å². The zero-order valence-corrected chi connectivity index (χ0v) is 22.6. The first kappa shape index (κ1) is 26.5. The second kappa shape index (κ2) is 9.73. The summed E-state index contributed by atoms with van der Waals surface area (Å²) in [5.74, 6) is 0.665. The first-order valence-electron chi connectivity index (χ1n) is 13.7. The van der Waals surface area contributed by atoms with Crippen molar-refractivity contribution in [2.45, 2.75) is 57.3 Å². The Morgan fingerprint density at radius 2 is 2.00 bits per heavy atom. The molecular formula is C30H31F3N6O. The van der Waals surface area contributed by atoms with Crippen LogP contribution in [-0.2, 0) is 31.7 Å². The van der Waals surface area contributed by atoms with Crippen LogP contribution in [0.4, 0.5) is 18.9 Å². The van der Waals surface area contributed by atoms with Gasteiger partial charge in [0.15, 0.2) is 0 Å². The number of hydrogen-bond acceptors (Lipinski definition) is 5. The molecule has 0 unspecified atom stereocenters. The smallest absolute Gasteiger partial charge is 0.320 e. The molecule has 40 heavy (non-hydrogen) atoms. The first-order valence-corrected chi connectivity index (χ1v) is 13.7. The lowest BCUT2D eigenvalue weighted by Crippen LogP contribution is -2.44. The molecule has 1 atom stereocenters. The Morgan fingerprint density at radius 1 is 1.20 bits per heavy atom. The number of benzene rings is 2. The van der Waals surface area contributed by atoms with E-state index in [0.717, 1.165) is 37.3 Å². The molecule has 0 bridgehead atoms. The molecule has 3 aromatic rings. The number of nitriles is 1. The number of likely N-dealkylation sites (tertiary alicyclic amines) is 1. The quantitative estimate of drug-likeness (QED) is 0.424. The van der Waals surface area contributed by atoms with E-state index >= 15 is 0 Å². The number of fused-ring (bicyclic) bond motifs is 1. The van der Waals surface area contributed by atoms with Gasteiger partial charge in [0.25, 0.3) is 5.91 Å². The van der Waals surface area contributed by atoms with Crippen molar-refractivity contribution in [3.63, 3.8) is 0 Å². The molecular weight excluding hydrogens is 517 g/mol. The molecule has 1 saturated heterocycles. The summed E-state index contributed by atoms with van der Waals surface area (Å²) in [7, 11) is 1.85. The van der Waals surface area contributed by atoms with Crippen LogP contribution in [-0.4, -0.2) is 38.7 Å². The summed E-state index contributed by atoms with van der Waals surface area (Å²) in [4.78, 5) is 17.3. The largest absolute Gasteiger partial charge is 0.416 e. The Hall–Kier alpha value is -3.71. The van der Waals surface area contributed by atoms with Crippen LogP contribution in [0.25, 0.3) is 0 Å². The molecule has 1 amide bonds. The van der Waals surface area contributed by atoms with Crippen LogP contribution in [0.5, 0.6) is 0 Å². The van der Waals surface area contributed by atoms with Gasteiger partial charge in [-0.3, -0.25) is 9.69 Å². The summed E-state index contributed by atoms with van der Waals surface area (Å²) in [5.41, 5.74) is 0.775. The maximum Gasteiger partial charge on any atom is 0.416 e. The minimum absolute atomic E-state index is 0.0230. The summed E-state index contributed by atoms with van der Waals surface area (Å²) in [6.07, 6.45) is 0.306. The van der Waals surface area contributed by atoms with E-state index in [-0.39, 0.29) is 23.6 Å². The number of nitrogens with zero attached hydrogens (tertiary/aromatic N) is 6. The summed E-state index contributed by atoms with van der Waals surface area (Å²) in [6.45, 7) is 4.08. The molecule has 6 rings (SSSR count). The van der Waals surface area contributed by atoms with Gasteiger partial charge in [0, 0.05) is 37.3 Å². The maximum absolute atomic E-state index is 14.3. The topological polar surface area (TPSA) is 78.1 Å². The number of aryl methyl sites for hydroxylation is 1. The summed E-state index contributed by atoms with van der Waals surface area (Å²) >= 11 is 0. The molecule has 1 aliphatic carbocycles. The third-order valence-corrected chi connectivity index (χ3v) is 8.78. The molecule has 0 spiro atoms. The Labute approximate surface area is 231 Å². The fourth-order valence-electron chi connectivity index (χ4n) is 6.82. The number of hydrogen-bond donors (Lipinski definition) is 0. The van der Waals surface area contributed by atoms with Crippen LogP contribution in [0.1, 0.15) is 71.0 Å². The Morgan fingerprint density at radius 3 is 2.67 bits per heavy atom. The number of aromatic nitrogens is 3. The Bertz CT molecular complexity index is 1500. The zero-order valence-electron chi connectivity index (χ0n) is 22.6. The van der Waals surface area contributed by atoms with E-state index in [1.807, 2.05) is 29.8 Å². The van der Waals surface area contributed by atoms with Crippen molar-refractivity contribution in [1.82, 2.24) is 19.7 Å². The maximum atomic E-state index is 14.3. The van der Waals surface area contributed by atoms with Gasteiger partial charge < -0.3 is 9.47 Å². The van der Waals surface area contributed by atoms with Crippen molar-refractivity contribution < 1.29 is 18.0 Å². The van der Waals surface area contributed by atoms with Crippen LogP contribution < -0.4 is 4.90 Å². The van der Waals surface area contributed by atoms with Gasteiger partial charge in [0.1, 0.15) is 12.2 Å². The molecule has 2 aromatic carbocycles. The van der Waals surface area contributed by atoms with Gasteiger partial charge in [-0.05, 0) is 79.1 Å². The molecule has 0 N–H and O–H groups in total. The molecule has 2 aliphatic heterocycles. The Balaban J connectivity index is 1.35. The highest BCUT2D eigenvalue weighted by Gasteiger charge is 2.50. The van der Waals surface area contributed by atoms with Gasteiger partial charge in [0.2, 0.25) is 0 Å². The van der Waals surface area contributed by atoms with Crippen LogP contribution >= 0.6 is 0 Å². The van der Waals surface area contributed by atoms with E-state index < -0.39 is 23.1 Å². The summed E-state index contributed by atoms with van der Waals surface area (Å²) in [6, 6.07) is 12.6. The summed E-state index contributed by atoms with van der Waals surface area (Å²) < 4.78 is 44.7. The van der Waals surface area contributed by atoms with Gasteiger partial charge in [-0.2, -0.15) is 18.4 Å². The number of piperidine rings is 1. The molecule has 3 aliphatic rings. The minimum atomic E-state index is -4.57. The van der Waals surface area contributed by atoms with Gasteiger partial charge in [-0.1, -0.05) is 19.1 Å². The van der Waals surface area contributed by atoms with Crippen molar-refractivity contribution in [1.29, 1.82) is 5.26 Å². The second-order valence-electron chi connectivity index (χ2n) is 11.7. The highest BCUT2D eigenvalue weighted by Crippen LogP contribution is 2.52. The molecule has 3 heterocycles. The fourth-order valence-corrected chi connectivity index (χ4v) is 6.82. The molecule has 1 aromatic heterocycles. The van der Waals surface area contributed by atoms with Crippen LogP contribution in [0.2, 0.25) is 0 Å². The average molecular weight is 549 g/mol. The van der Waals surface area contributed by atoms with Crippen molar-refractivity contribution in [3.05, 3.63) is 76.4 Å². The van der Waals surface area contributed by atoms with Crippen molar-refractivity contribution in [2.24, 2.45) is 18.9 Å². The number of anilines is 1. The molecule has 7 nitrogen and oxygen atoms in total. The third kappa shape index (κ3) is 4.46. The number of halogens is 3. The van der Waals surface area contributed by atoms with E-state index in [4.69, 9.17) is 0 Å². The van der Waals surface area contributed by atoms with Crippen LogP contribution in [0.3, 0.4) is 0 Å². The van der Waals surface area contributed by atoms with Crippen molar-refractivity contribution in [3.8, 4) is 6.07 Å². The fraction of sp³-hybridized carbons (Fsp3) is 0.467. The third-order valence-electron chi connectivity index (χ3n) is 8.78. The summed E-state index contributed by atoms with van der Waals surface area (Å²) in [5, 5.41) is 17.8. The van der Waals surface area contributed by atoms with Gasteiger partial charge in [0.05, 0.1) is 23.6 Å². The number of carbonyl (C=O) groups excluding carboxylic acids is 1. The lowest BCUT2D eigenvalue weighted by atomic mass is 9.58. The van der Waals surface area contributed by atoms with E-state index in [9.17, 15) is 23.2 Å². The van der Waals surface area contributed by atoms with E-state index in [0.29, 0.717) is 36.6 Å². The number of alkyl halides is 3. The lowest BCUT2D eigenvalue weighted by molar-refractivity contribution is -0.138. The van der Waals surface area contributed by atoms with Crippen molar-refractivity contribution >= 4 is 11.6 Å². The molecule has 1 saturated carbocycles. The number of rotatable bonds is 5. The molecule has 208 valence electrons. The standard InChI is InChI=1S/C30H31F3N6O/c1-19-5-4-8-38(15-19)16-20-9-24-25(26(10-20)30(31,32)33)17-39(27(24)40)23-7-3-6-22(11-23)29(12-21(13-29)14-34)28-36-35-18-37(28)2/h3,6-7,9-11,18-19,21H,4-5,8,12-13,15-17H2,1-2H3/t19-,21?,29?/m0/s1. The Kier molecular flexibility index (Phi) is 6.45. The van der Waals surface area contributed by atoms with Gasteiger partial charge in [-0.15, -0.1) is 10.2 Å². The number of amides is 1. The van der Waals surface area contributed by atoms with E-state index in [2.05, 4.69) is 28.1 Å². The lowest BCUT2D eigenvalue weighted by Gasteiger charge is -2.44. The predicted molar refractivity (Wildman–Crippen MR) is 142 cm³/mol. The highest BCUT2D eigenvalue weighted by atomic mass is 19.4. The number of carbonyl (C=O) groups is 1. The average Bonchev–Trinajstić information content (AvgIpc) is 3.46.